The minimum Gasteiger partial charge on any atom is -0.368 e. The lowest BCUT2D eigenvalue weighted by Gasteiger charge is -2.39. The maximum Gasteiger partial charge on any atom is 0.0400 e. The smallest absolute Gasteiger partial charge is 0.0400 e. The molecule has 0 amide bonds. The SMILES string of the molecule is Cc1ccc(N2CCN(C)C(C)C2)c(CCN)c1. The van der Waals surface area contributed by atoms with Gasteiger partial charge in [0.05, 0.1) is 0 Å². The Bertz CT molecular complexity index is 403. The van der Waals surface area contributed by atoms with Crippen LogP contribution >= 0.6 is 0 Å². The van der Waals surface area contributed by atoms with E-state index in [0.29, 0.717) is 6.04 Å². The summed E-state index contributed by atoms with van der Waals surface area (Å²) in [7, 11) is 2.21. The molecule has 1 aliphatic heterocycles. The summed E-state index contributed by atoms with van der Waals surface area (Å²) in [6.45, 7) is 8.52. The zero-order valence-corrected chi connectivity index (χ0v) is 11.8. The van der Waals surface area contributed by atoms with E-state index >= 15 is 0 Å². The first-order valence-corrected chi connectivity index (χ1v) is 6.86. The maximum atomic E-state index is 5.73. The Labute approximate surface area is 111 Å². The number of benzene rings is 1. The van der Waals surface area contributed by atoms with Gasteiger partial charge in [0.25, 0.3) is 0 Å². The second kappa shape index (κ2) is 5.72. The molecule has 1 aliphatic rings. The Morgan fingerprint density at radius 3 is 2.78 bits per heavy atom. The Morgan fingerprint density at radius 1 is 1.33 bits per heavy atom. The van der Waals surface area contributed by atoms with Gasteiger partial charge in [-0.1, -0.05) is 17.7 Å². The van der Waals surface area contributed by atoms with Gasteiger partial charge in [-0.15, -0.1) is 0 Å². The third kappa shape index (κ3) is 2.85. The van der Waals surface area contributed by atoms with Gasteiger partial charge in [0, 0.05) is 31.4 Å². The number of anilines is 1. The van der Waals surface area contributed by atoms with Crippen molar-refractivity contribution in [2.24, 2.45) is 5.73 Å². The van der Waals surface area contributed by atoms with Crippen LogP contribution in [0, 0.1) is 6.92 Å². The lowest BCUT2D eigenvalue weighted by Crippen LogP contribution is -2.50. The molecule has 1 unspecified atom stereocenters. The van der Waals surface area contributed by atoms with E-state index in [0.717, 1.165) is 32.6 Å². The molecule has 1 fully saturated rings. The molecule has 18 heavy (non-hydrogen) atoms. The van der Waals surface area contributed by atoms with Gasteiger partial charge in [-0.05, 0) is 45.5 Å². The highest BCUT2D eigenvalue weighted by Gasteiger charge is 2.22. The molecule has 0 radical (unpaired) electrons. The molecule has 0 aromatic heterocycles. The maximum absolute atomic E-state index is 5.73. The molecule has 0 spiro atoms. The highest BCUT2D eigenvalue weighted by Crippen LogP contribution is 2.24. The first-order chi connectivity index (χ1) is 8.61. The van der Waals surface area contributed by atoms with Gasteiger partial charge in [-0.25, -0.2) is 0 Å². The molecule has 1 saturated heterocycles. The molecular formula is C15H25N3. The van der Waals surface area contributed by atoms with E-state index < -0.39 is 0 Å². The third-order valence-corrected chi connectivity index (χ3v) is 3.95. The topological polar surface area (TPSA) is 32.5 Å². The van der Waals surface area contributed by atoms with Crippen LogP contribution in [0.1, 0.15) is 18.1 Å². The minimum absolute atomic E-state index is 0.616. The largest absolute Gasteiger partial charge is 0.368 e. The van der Waals surface area contributed by atoms with E-state index in [1.165, 1.54) is 16.8 Å². The molecule has 0 saturated carbocycles. The van der Waals surface area contributed by atoms with Crippen molar-refractivity contribution in [1.82, 2.24) is 4.90 Å². The summed E-state index contributed by atoms with van der Waals surface area (Å²) in [5, 5.41) is 0. The van der Waals surface area contributed by atoms with Crippen LogP contribution in [0.15, 0.2) is 18.2 Å². The summed E-state index contributed by atoms with van der Waals surface area (Å²) in [5.74, 6) is 0. The zero-order chi connectivity index (χ0) is 13.1. The van der Waals surface area contributed by atoms with Crippen molar-refractivity contribution in [3.8, 4) is 0 Å². The lowest BCUT2D eigenvalue weighted by atomic mass is 10.0. The van der Waals surface area contributed by atoms with Crippen molar-refractivity contribution >= 4 is 5.69 Å². The molecule has 1 atom stereocenters. The first-order valence-electron chi connectivity index (χ1n) is 6.86. The van der Waals surface area contributed by atoms with E-state index in [4.69, 9.17) is 5.73 Å². The fourth-order valence-electron chi connectivity index (χ4n) is 2.65. The number of hydrogen-bond acceptors (Lipinski definition) is 3. The van der Waals surface area contributed by atoms with Gasteiger partial charge in [-0.2, -0.15) is 0 Å². The summed E-state index contributed by atoms with van der Waals surface area (Å²) in [6, 6.07) is 7.37. The van der Waals surface area contributed by atoms with E-state index in [2.05, 4.69) is 48.9 Å². The van der Waals surface area contributed by atoms with Crippen molar-refractivity contribution < 1.29 is 0 Å². The Balaban J connectivity index is 2.22. The van der Waals surface area contributed by atoms with Gasteiger partial charge in [0.2, 0.25) is 0 Å². The van der Waals surface area contributed by atoms with Gasteiger partial charge < -0.3 is 15.5 Å². The van der Waals surface area contributed by atoms with Gasteiger partial charge in [-0.3, -0.25) is 0 Å². The molecule has 0 aliphatic carbocycles. The molecule has 1 heterocycles. The fourth-order valence-corrected chi connectivity index (χ4v) is 2.65. The molecule has 2 rings (SSSR count). The number of nitrogens with zero attached hydrogens (tertiary/aromatic N) is 2. The van der Waals surface area contributed by atoms with Crippen LogP contribution in [-0.2, 0) is 6.42 Å². The normalized spacial score (nSPS) is 21.3. The van der Waals surface area contributed by atoms with E-state index in [9.17, 15) is 0 Å². The average molecular weight is 247 g/mol. The van der Waals surface area contributed by atoms with Crippen LogP contribution in [0.2, 0.25) is 0 Å². The molecule has 1 aromatic rings. The molecule has 3 heteroatoms. The van der Waals surface area contributed by atoms with Gasteiger partial charge in [0.1, 0.15) is 0 Å². The first kappa shape index (κ1) is 13.4. The Morgan fingerprint density at radius 2 is 2.11 bits per heavy atom. The predicted molar refractivity (Wildman–Crippen MR) is 78.2 cm³/mol. The summed E-state index contributed by atoms with van der Waals surface area (Å²) in [6.07, 6.45) is 0.970. The van der Waals surface area contributed by atoms with Crippen molar-refractivity contribution in [2.75, 3.05) is 38.1 Å². The molecule has 3 nitrogen and oxygen atoms in total. The van der Waals surface area contributed by atoms with E-state index in [1.807, 2.05) is 0 Å². The van der Waals surface area contributed by atoms with Crippen LogP contribution in [-0.4, -0.2) is 44.2 Å². The van der Waals surface area contributed by atoms with Crippen LogP contribution < -0.4 is 10.6 Å². The Hall–Kier alpha value is -1.06. The van der Waals surface area contributed by atoms with E-state index in [-0.39, 0.29) is 0 Å². The van der Waals surface area contributed by atoms with Crippen molar-refractivity contribution in [1.29, 1.82) is 0 Å². The highest BCUT2D eigenvalue weighted by atomic mass is 15.3. The van der Waals surface area contributed by atoms with Crippen molar-refractivity contribution in [3.05, 3.63) is 29.3 Å². The molecular weight excluding hydrogens is 222 g/mol. The second-order valence-corrected chi connectivity index (χ2v) is 5.45. The predicted octanol–water partition coefficient (Wildman–Crippen LogP) is 1.64. The molecule has 100 valence electrons. The highest BCUT2D eigenvalue weighted by molar-refractivity contribution is 5.55. The standard InChI is InChI=1S/C15H25N3/c1-12-4-5-15(14(10-12)6-7-16)18-9-8-17(3)13(2)11-18/h4-5,10,13H,6-9,11,16H2,1-3H3. The summed E-state index contributed by atoms with van der Waals surface area (Å²) >= 11 is 0. The van der Waals surface area contributed by atoms with Gasteiger partial charge >= 0.3 is 0 Å². The Kier molecular flexibility index (Phi) is 4.25. The number of piperazine rings is 1. The van der Waals surface area contributed by atoms with E-state index in [1.54, 1.807) is 0 Å². The average Bonchev–Trinajstić information content (AvgIpc) is 2.34. The van der Waals surface area contributed by atoms with Crippen LogP contribution in [0.5, 0.6) is 0 Å². The number of aryl methyl sites for hydroxylation is 1. The van der Waals surface area contributed by atoms with Crippen molar-refractivity contribution in [2.45, 2.75) is 26.3 Å². The molecule has 2 N–H and O–H groups in total. The number of nitrogens with two attached hydrogens (primary N) is 1. The monoisotopic (exact) mass is 247 g/mol. The summed E-state index contributed by atoms with van der Waals surface area (Å²) < 4.78 is 0. The van der Waals surface area contributed by atoms with Gasteiger partial charge in [0.15, 0.2) is 0 Å². The summed E-state index contributed by atoms with van der Waals surface area (Å²) in [5.41, 5.74) is 9.83. The third-order valence-electron chi connectivity index (χ3n) is 3.95. The van der Waals surface area contributed by atoms with Crippen LogP contribution in [0.4, 0.5) is 5.69 Å². The number of likely N-dealkylation sites (N-methyl/N-ethyl adjacent to an activating group) is 1. The fraction of sp³-hybridized carbons (Fsp3) is 0.600. The summed E-state index contributed by atoms with van der Waals surface area (Å²) in [4.78, 5) is 4.93. The number of hydrogen-bond donors (Lipinski definition) is 1. The van der Waals surface area contributed by atoms with Crippen molar-refractivity contribution in [3.63, 3.8) is 0 Å². The lowest BCUT2D eigenvalue weighted by molar-refractivity contribution is 0.234. The minimum atomic E-state index is 0.616. The quantitative estimate of drug-likeness (QED) is 0.881. The molecule has 1 aromatic carbocycles. The zero-order valence-electron chi connectivity index (χ0n) is 11.8. The molecule has 0 bridgehead atoms. The van der Waals surface area contributed by atoms with Crippen LogP contribution in [0.25, 0.3) is 0 Å². The number of rotatable bonds is 3. The second-order valence-electron chi connectivity index (χ2n) is 5.45. The van der Waals surface area contributed by atoms with Crippen LogP contribution in [0.3, 0.4) is 0 Å².